The highest BCUT2D eigenvalue weighted by atomic mass is 16.2. The fourth-order valence-corrected chi connectivity index (χ4v) is 3.80. The monoisotopic (exact) mass is 420 g/mol. The summed E-state index contributed by atoms with van der Waals surface area (Å²) in [4.78, 5) is 35.4. The zero-order valence-corrected chi connectivity index (χ0v) is 18.0. The first kappa shape index (κ1) is 21.0. The Balaban J connectivity index is 1.48. The number of hydrogen-bond acceptors (Lipinski definition) is 5. The van der Waals surface area contributed by atoms with Crippen LogP contribution in [0.5, 0.6) is 0 Å². The average molecular weight is 421 g/mol. The third-order valence-electron chi connectivity index (χ3n) is 5.67. The number of hydrogen-bond donors (Lipinski definition) is 1. The molecule has 4 rings (SSSR count). The van der Waals surface area contributed by atoms with Gasteiger partial charge in [0.25, 0.3) is 5.91 Å². The molecule has 0 unspecified atom stereocenters. The van der Waals surface area contributed by atoms with E-state index in [1.54, 1.807) is 24.4 Å². The van der Waals surface area contributed by atoms with E-state index < -0.39 is 5.91 Å². The molecule has 8 nitrogen and oxygen atoms in total. The van der Waals surface area contributed by atoms with Crippen molar-refractivity contribution >= 4 is 17.5 Å². The van der Waals surface area contributed by atoms with Gasteiger partial charge in [0, 0.05) is 57.2 Å². The fourth-order valence-electron chi connectivity index (χ4n) is 3.80. The van der Waals surface area contributed by atoms with Gasteiger partial charge in [0.15, 0.2) is 0 Å². The van der Waals surface area contributed by atoms with E-state index in [9.17, 15) is 9.59 Å². The van der Waals surface area contributed by atoms with Gasteiger partial charge in [-0.05, 0) is 49.5 Å². The lowest BCUT2D eigenvalue weighted by molar-refractivity contribution is 0.0624. The fraction of sp³-hybridized carbons (Fsp3) is 0.348. The van der Waals surface area contributed by atoms with Crippen molar-refractivity contribution in [3.05, 3.63) is 60.0 Å². The van der Waals surface area contributed by atoms with E-state index in [-0.39, 0.29) is 5.91 Å². The van der Waals surface area contributed by atoms with Crippen molar-refractivity contribution in [1.29, 1.82) is 0 Å². The van der Waals surface area contributed by atoms with Crippen molar-refractivity contribution in [2.24, 2.45) is 5.73 Å². The number of likely N-dealkylation sites (N-methyl/N-ethyl adjacent to an activating group) is 1. The van der Waals surface area contributed by atoms with Gasteiger partial charge >= 0.3 is 0 Å². The van der Waals surface area contributed by atoms with Crippen molar-refractivity contribution in [2.45, 2.75) is 0 Å². The van der Waals surface area contributed by atoms with E-state index >= 15 is 0 Å². The normalized spacial score (nSPS) is 15.0. The number of aromatic nitrogens is 2. The van der Waals surface area contributed by atoms with Crippen LogP contribution in [0, 0.1) is 0 Å². The van der Waals surface area contributed by atoms with Crippen LogP contribution in [0.1, 0.15) is 20.8 Å². The number of fused-ring (bicyclic) bond motifs is 1. The molecule has 0 radical (unpaired) electrons. The highest BCUT2D eigenvalue weighted by Gasteiger charge is 2.24. The molecule has 2 aromatic heterocycles. The van der Waals surface area contributed by atoms with Crippen LogP contribution in [-0.4, -0.2) is 89.3 Å². The molecule has 3 aromatic rings. The SMILES string of the molecule is CN(C)CCN1CCN(C(=O)c2cn3cc(-c4cccc(C(N)=O)c4)ccc3n2)CC1. The first-order chi connectivity index (χ1) is 14.9. The maximum Gasteiger partial charge on any atom is 0.274 e. The lowest BCUT2D eigenvalue weighted by Gasteiger charge is -2.34. The Labute approximate surface area is 181 Å². The van der Waals surface area contributed by atoms with Gasteiger partial charge in [-0.2, -0.15) is 0 Å². The summed E-state index contributed by atoms with van der Waals surface area (Å²) in [7, 11) is 4.14. The number of nitrogens with two attached hydrogens (primary N) is 1. The van der Waals surface area contributed by atoms with Crippen molar-refractivity contribution in [1.82, 2.24) is 24.1 Å². The van der Waals surface area contributed by atoms with Crippen molar-refractivity contribution in [3.63, 3.8) is 0 Å². The number of piperazine rings is 1. The molecule has 0 aliphatic carbocycles. The average Bonchev–Trinajstić information content (AvgIpc) is 3.21. The Hall–Kier alpha value is -3.23. The molecular formula is C23H28N6O2. The van der Waals surface area contributed by atoms with Gasteiger partial charge in [0.05, 0.1) is 0 Å². The zero-order valence-electron chi connectivity index (χ0n) is 18.0. The molecule has 1 aliphatic heterocycles. The number of carbonyl (C=O) groups is 2. The molecule has 8 heteroatoms. The molecule has 2 N–H and O–H groups in total. The van der Waals surface area contributed by atoms with Crippen molar-refractivity contribution in [3.8, 4) is 11.1 Å². The second-order valence-corrected chi connectivity index (χ2v) is 8.19. The Kier molecular flexibility index (Phi) is 6.01. The van der Waals surface area contributed by atoms with Gasteiger partial charge in [0.1, 0.15) is 11.3 Å². The smallest absolute Gasteiger partial charge is 0.274 e. The van der Waals surface area contributed by atoms with Crippen LogP contribution < -0.4 is 5.73 Å². The molecule has 0 atom stereocenters. The van der Waals surface area contributed by atoms with Gasteiger partial charge in [-0.3, -0.25) is 14.5 Å². The Morgan fingerprint density at radius 2 is 1.81 bits per heavy atom. The van der Waals surface area contributed by atoms with E-state index in [0.29, 0.717) is 30.0 Å². The van der Waals surface area contributed by atoms with Crippen LogP contribution in [0.3, 0.4) is 0 Å². The van der Waals surface area contributed by atoms with Gasteiger partial charge in [-0.25, -0.2) is 4.98 Å². The molecule has 1 aliphatic rings. The molecule has 162 valence electrons. The third-order valence-corrected chi connectivity index (χ3v) is 5.67. The summed E-state index contributed by atoms with van der Waals surface area (Å²) >= 11 is 0. The summed E-state index contributed by atoms with van der Waals surface area (Å²) in [5, 5.41) is 0. The lowest BCUT2D eigenvalue weighted by Crippen LogP contribution is -2.50. The minimum Gasteiger partial charge on any atom is -0.366 e. The molecule has 1 saturated heterocycles. The quantitative estimate of drug-likeness (QED) is 0.652. The lowest BCUT2D eigenvalue weighted by atomic mass is 10.0. The Morgan fingerprint density at radius 3 is 2.52 bits per heavy atom. The minimum atomic E-state index is -0.458. The largest absolute Gasteiger partial charge is 0.366 e. The third kappa shape index (κ3) is 4.76. The second kappa shape index (κ2) is 8.87. The van der Waals surface area contributed by atoms with E-state index in [1.165, 1.54) is 0 Å². The summed E-state index contributed by atoms with van der Waals surface area (Å²) in [6.45, 7) is 5.23. The number of nitrogens with zero attached hydrogens (tertiary/aromatic N) is 5. The van der Waals surface area contributed by atoms with Crippen LogP contribution >= 0.6 is 0 Å². The highest BCUT2D eigenvalue weighted by Crippen LogP contribution is 2.22. The van der Waals surface area contributed by atoms with E-state index in [1.807, 2.05) is 33.7 Å². The van der Waals surface area contributed by atoms with Crippen LogP contribution in [0.2, 0.25) is 0 Å². The molecule has 1 fully saturated rings. The molecule has 3 heterocycles. The number of rotatable bonds is 6. The van der Waals surface area contributed by atoms with Crippen LogP contribution in [0.15, 0.2) is 48.8 Å². The summed E-state index contributed by atoms with van der Waals surface area (Å²) in [5.74, 6) is -0.492. The minimum absolute atomic E-state index is 0.0340. The molecule has 31 heavy (non-hydrogen) atoms. The standard InChI is InChI=1S/C23H28N6O2/c1-26(2)8-9-27-10-12-28(13-11-27)23(31)20-16-29-15-19(6-7-21(29)25-20)17-4-3-5-18(14-17)22(24)30/h3-7,14-16H,8-13H2,1-2H3,(H2,24,30). The first-order valence-corrected chi connectivity index (χ1v) is 10.5. The Morgan fingerprint density at radius 1 is 1.03 bits per heavy atom. The predicted molar refractivity (Wildman–Crippen MR) is 120 cm³/mol. The Bertz CT molecular complexity index is 1100. The number of benzene rings is 1. The maximum absolute atomic E-state index is 13.0. The number of carbonyl (C=O) groups excluding carboxylic acids is 2. The topological polar surface area (TPSA) is 87.2 Å². The maximum atomic E-state index is 13.0. The molecule has 1 aromatic carbocycles. The van der Waals surface area contributed by atoms with Crippen molar-refractivity contribution < 1.29 is 9.59 Å². The van der Waals surface area contributed by atoms with E-state index in [2.05, 4.69) is 28.9 Å². The number of primary amides is 1. The summed E-state index contributed by atoms with van der Waals surface area (Å²) in [6.07, 6.45) is 3.69. The molecule has 2 amide bonds. The van der Waals surface area contributed by atoms with Gasteiger partial charge in [0.2, 0.25) is 5.91 Å². The van der Waals surface area contributed by atoms with Crippen LogP contribution in [0.25, 0.3) is 16.8 Å². The van der Waals surface area contributed by atoms with E-state index in [0.717, 1.165) is 37.3 Å². The van der Waals surface area contributed by atoms with E-state index in [4.69, 9.17) is 5.73 Å². The van der Waals surface area contributed by atoms with Gasteiger partial charge < -0.3 is 19.9 Å². The van der Waals surface area contributed by atoms with Gasteiger partial charge in [-0.1, -0.05) is 12.1 Å². The highest BCUT2D eigenvalue weighted by molar-refractivity contribution is 5.94. The molecule has 0 spiro atoms. The number of imidazole rings is 1. The van der Waals surface area contributed by atoms with Gasteiger partial charge in [-0.15, -0.1) is 0 Å². The summed E-state index contributed by atoms with van der Waals surface area (Å²) in [6, 6.07) is 11.0. The summed E-state index contributed by atoms with van der Waals surface area (Å²) < 4.78 is 1.85. The molecule has 0 saturated carbocycles. The number of amides is 2. The molecule has 0 bridgehead atoms. The van der Waals surface area contributed by atoms with Crippen LogP contribution in [-0.2, 0) is 0 Å². The van der Waals surface area contributed by atoms with Crippen LogP contribution in [0.4, 0.5) is 0 Å². The first-order valence-electron chi connectivity index (χ1n) is 10.5. The second-order valence-electron chi connectivity index (χ2n) is 8.19. The van der Waals surface area contributed by atoms with Crippen molar-refractivity contribution in [2.75, 3.05) is 53.4 Å². The number of pyridine rings is 1. The predicted octanol–water partition coefficient (Wildman–Crippen LogP) is 1.42. The summed E-state index contributed by atoms with van der Waals surface area (Å²) in [5.41, 5.74) is 8.82. The molecular weight excluding hydrogens is 392 g/mol. The zero-order chi connectivity index (χ0) is 22.0.